The Hall–Kier alpha value is -2.30. The van der Waals surface area contributed by atoms with E-state index >= 15 is 0 Å². The van der Waals surface area contributed by atoms with Crippen LogP contribution in [0.4, 0.5) is 0 Å². The number of primary amides is 1. The van der Waals surface area contributed by atoms with E-state index in [1.807, 2.05) is 0 Å². The van der Waals surface area contributed by atoms with Gasteiger partial charge in [0, 0.05) is 0 Å². The second-order valence-electron chi connectivity index (χ2n) is 3.55. The summed E-state index contributed by atoms with van der Waals surface area (Å²) in [7, 11) is 0. The normalized spacial score (nSPS) is 10.5. The van der Waals surface area contributed by atoms with Crippen LogP contribution in [0.5, 0.6) is 5.75 Å². The fraction of sp³-hybridized carbons (Fsp3) is 0.231. The molecule has 0 radical (unpaired) electrons. The van der Waals surface area contributed by atoms with E-state index in [0.717, 1.165) is 0 Å². The largest absolute Gasteiger partial charge is 0.507 e. The molecule has 1 aromatic rings. The fourth-order valence-electron chi connectivity index (χ4n) is 1.37. The number of rotatable bonds is 5. The molecule has 0 aliphatic heterocycles. The van der Waals surface area contributed by atoms with Crippen LogP contribution < -0.4 is 5.73 Å². The number of esters is 1. The van der Waals surface area contributed by atoms with Crippen LogP contribution in [-0.4, -0.2) is 23.6 Å². The lowest BCUT2D eigenvalue weighted by Gasteiger charge is -2.01. The Morgan fingerprint density at radius 2 is 2.17 bits per heavy atom. The van der Waals surface area contributed by atoms with Gasteiger partial charge in [0.1, 0.15) is 5.75 Å². The van der Waals surface area contributed by atoms with E-state index in [1.54, 1.807) is 25.1 Å². The molecule has 0 unspecified atom stereocenters. The highest BCUT2D eigenvalue weighted by Gasteiger charge is 2.07. The first-order chi connectivity index (χ1) is 8.54. The van der Waals surface area contributed by atoms with Crippen LogP contribution in [-0.2, 0) is 9.53 Å². The number of nitrogens with two attached hydrogens (primary N) is 1. The molecule has 0 aromatic heterocycles. The molecule has 96 valence electrons. The van der Waals surface area contributed by atoms with Crippen molar-refractivity contribution in [2.75, 3.05) is 6.61 Å². The van der Waals surface area contributed by atoms with E-state index < -0.39 is 5.91 Å². The molecule has 1 amide bonds. The van der Waals surface area contributed by atoms with Gasteiger partial charge in [-0.15, -0.1) is 0 Å². The van der Waals surface area contributed by atoms with Crippen LogP contribution >= 0.6 is 0 Å². The number of hydrogen-bond acceptors (Lipinski definition) is 4. The van der Waals surface area contributed by atoms with E-state index in [4.69, 9.17) is 10.5 Å². The Kier molecular flexibility index (Phi) is 4.92. The van der Waals surface area contributed by atoms with Crippen LogP contribution in [0.1, 0.15) is 29.3 Å². The topological polar surface area (TPSA) is 89.6 Å². The molecule has 3 N–H and O–H groups in total. The highest BCUT2D eigenvalue weighted by atomic mass is 16.5. The zero-order valence-electron chi connectivity index (χ0n) is 10.1. The summed E-state index contributed by atoms with van der Waals surface area (Å²) in [5, 5.41) is 9.39. The summed E-state index contributed by atoms with van der Waals surface area (Å²) in [4.78, 5) is 22.1. The maximum atomic E-state index is 11.1. The van der Waals surface area contributed by atoms with Crippen LogP contribution in [0.25, 0.3) is 6.08 Å². The van der Waals surface area contributed by atoms with Crippen molar-refractivity contribution < 1.29 is 19.4 Å². The first-order valence-electron chi connectivity index (χ1n) is 5.49. The molecule has 0 aliphatic rings. The van der Waals surface area contributed by atoms with Crippen LogP contribution in [0.2, 0.25) is 0 Å². The van der Waals surface area contributed by atoms with Crippen molar-refractivity contribution >= 4 is 18.0 Å². The highest BCUT2D eigenvalue weighted by molar-refractivity contribution is 5.96. The molecule has 0 aliphatic carbocycles. The van der Waals surface area contributed by atoms with Gasteiger partial charge in [0.05, 0.1) is 18.6 Å². The predicted molar refractivity (Wildman–Crippen MR) is 66.9 cm³/mol. The average molecular weight is 249 g/mol. The van der Waals surface area contributed by atoms with Crippen LogP contribution in [0, 0.1) is 0 Å². The standard InChI is InChI=1S/C13H15NO4/c1-2-18-12(16)5-3-4-9-6-7-11(15)10(8-9)13(14)17/h3-4,6-8,15H,2,5H2,1H3,(H2,14,17). The van der Waals surface area contributed by atoms with Crippen LogP contribution in [0.3, 0.4) is 0 Å². The maximum absolute atomic E-state index is 11.1. The molecule has 0 fully saturated rings. The third-order valence-corrected chi connectivity index (χ3v) is 2.19. The molecule has 5 heteroatoms. The molecular formula is C13H15NO4. The van der Waals surface area contributed by atoms with Crippen molar-refractivity contribution in [1.82, 2.24) is 0 Å². The van der Waals surface area contributed by atoms with E-state index in [-0.39, 0.29) is 23.7 Å². The molecule has 0 spiro atoms. The summed E-state index contributed by atoms with van der Waals surface area (Å²) < 4.78 is 4.76. The first kappa shape index (κ1) is 13.8. The Labute approximate surface area is 105 Å². The maximum Gasteiger partial charge on any atom is 0.309 e. The summed E-state index contributed by atoms with van der Waals surface area (Å²) >= 11 is 0. The Morgan fingerprint density at radius 3 is 2.78 bits per heavy atom. The smallest absolute Gasteiger partial charge is 0.309 e. The molecule has 0 heterocycles. The van der Waals surface area contributed by atoms with Crippen molar-refractivity contribution in [2.24, 2.45) is 5.73 Å². The number of carbonyl (C=O) groups excluding carboxylic acids is 2. The van der Waals surface area contributed by atoms with Gasteiger partial charge in [-0.25, -0.2) is 0 Å². The van der Waals surface area contributed by atoms with Gasteiger partial charge in [0.25, 0.3) is 5.91 Å². The Balaban J connectivity index is 2.73. The third-order valence-electron chi connectivity index (χ3n) is 2.19. The van der Waals surface area contributed by atoms with Crippen LogP contribution in [0.15, 0.2) is 24.3 Å². The molecular weight excluding hydrogens is 234 g/mol. The fourth-order valence-corrected chi connectivity index (χ4v) is 1.37. The van der Waals surface area contributed by atoms with E-state index in [1.165, 1.54) is 12.1 Å². The van der Waals surface area contributed by atoms with Crippen molar-refractivity contribution in [2.45, 2.75) is 13.3 Å². The van der Waals surface area contributed by atoms with Gasteiger partial charge in [0.15, 0.2) is 0 Å². The number of phenols is 1. The molecule has 0 saturated carbocycles. The van der Waals surface area contributed by atoms with Gasteiger partial charge in [-0.2, -0.15) is 0 Å². The second kappa shape index (κ2) is 6.44. The monoisotopic (exact) mass is 249 g/mol. The van der Waals surface area contributed by atoms with Gasteiger partial charge in [-0.05, 0) is 24.6 Å². The molecule has 18 heavy (non-hydrogen) atoms. The molecule has 0 bridgehead atoms. The van der Waals surface area contributed by atoms with Crippen molar-refractivity contribution in [3.63, 3.8) is 0 Å². The number of ether oxygens (including phenoxy) is 1. The Bertz CT molecular complexity index is 480. The predicted octanol–water partition coefficient (Wildman–Crippen LogP) is 1.46. The third kappa shape index (κ3) is 3.93. The van der Waals surface area contributed by atoms with Crippen molar-refractivity contribution in [3.05, 3.63) is 35.4 Å². The number of hydrogen-bond donors (Lipinski definition) is 2. The molecule has 1 aromatic carbocycles. The van der Waals surface area contributed by atoms with E-state index in [9.17, 15) is 14.7 Å². The van der Waals surface area contributed by atoms with Crippen molar-refractivity contribution in [1.29, 1.82) is 0 Å². The zero-order chi connectivity index (χ0) is 13.5. The lowest BCUT2D eigenvalue weighted by Crippen LogP contribution is -2.11. The van der Waals surface area contributed by atoms with Gasteiger partial charge in [-0.3, -0.25) is 9.59 Å². The second-order valence-corrected chi connectivity index (χ2v) is 3.55. The molecule has 5 nitrogen and oxygen atoms in total. The number of aromatic hydroxyl groups is 1. The minimum Gasteiger partial charge on any atom is -0.507 e. The Morgan fingerprint density at radius 1 is 1.44 bits per heavy atom. The number of amides is 1. The summed E-state index contributed by atoms with van der Waals surface area (Å²) in [6.45, 7) is 2.08. The first-order valence-corrected chi connectivity index (χ1v) is 5.49. The van der Waals surface area contributed by atoms with E-state index in [0.29, 0.717) is 12.2 Å². The minimum atomic E-state index is -0.701. The average Bonchev–Trinajstić information content (AvgIpc) is 2.31. The highest BCUT2D eigenvalue weighted by Crippen LogP contribution is 2.18. The SMILES string of the molecule is CCOC(=O)CC=Cc1ccc(O)c(C(N)=O)c1. The zero-order valence-corrected chi connectivity index (χ0v) is 10.1. The molecule has 0 atom stereocenters. The minimum absolute atomic E-state index is 0.0493. The summed E-state index contributed by atoms with van der Waals surface area (Å²) in [5.41, 5.74) is 5.82. The van der Waals surface area contributed by atoms with Crippen molar-refractivity contribution in [3.8, 4) is 5.75 Å². The lowest BCUT2D eigenvalue weighted by atomic mass is 10.1. The van der Waals surface area contributed by atoms with Gasteiger partial charge >= 0.3 is 5.97 Å². The molecule has 1 rings (SSSR count). The summed E-state index contributed by atoms with van der Waals surface area (Å²) in [5.74, 6) is -1.18. The lowest BCUT2D eigenvalue weighted by molar-refractivity contribution is -0.142. The number of benzene rings is 1. The van der Waals surface area contributed by atoms with E-state index in [2.05, 4.69) is 0 Å². The number of carbonyl (C=O) groups is 2. The quantitative estimate of drug-likeness (QED) is 0.773. The van der Waals surface area contributed by atoms with Gasteiger partial charge in [0.2, 0.25) is 0 Å². The van der Waals surface area contributed by atoms with Gasteiger partial charge in [-0.1, -0.05) is 18.2 Å². The summed E-state index contributed by atoms with van der Waals surface area (Å²) in [6, 6.07) is 4.45. The molecule has 0 saturated heterocycles. The summed E-state index contributed by atoms with van der Waals surface area (Å²) in [6.07, 6.45) is 3.43. The van der Waals surface area contributed by atoms with Gasteiger partial charge < -0.3 is 15.6 Å².